The van der Waals surface area contributed by atoms with Crippen LogP contribution in [0.5, 0.6) is 0 Å². The zero-order valence-electron chi connectivity index (χ0n) is 11.1. The Hall–Kier alpha value is -2.24. The summed E-state index contributed by atoms with van der Waals surface area (Å²) in [5, 5.41) is 0. The topological polar surface area (TPSA) is 77.3 Å². The molecule has 0 aliphatic carbocycles. The molecule has 0 saturated carbocycles. The molecule has 0 amide bonds. The molecule has 0 aromatic heterocycles. The van der Waals surface area contributed by atoms with Crippen LogP contribution >= 0.6 is 0 Å². The number of carbonyl (C=O) groups is 2. The molecular formula is C13H16N2O4. The molecule has 0 bridgehead atoms. The van der Waals surface area contributed by atoms with Crippen LogP contribution in [0.25, 0.3) is 0 Å². The number of cyclic esters (lactones) is 2. The van der Waals surface area contributed by atoms with Crippen molar-refractivity contribution in [2.45, 2.75) is 26.6 Å². The molecule has 6 heteroatoms. The lowest BCUT2D eigenvalue weighted by Crippen LogP contribution is -2.46. The molecule has 1 aliphatic rings. The van der Waals surface area contributed by atoms with Gasteiger partial charge in [0.15, 0.2) is 5.92 Å². The molecule has 1 heterocycles. The number of esters is 2. The molecule has 0 N–H and O–H groups in total. The summed E-state index contributed by atoms with van der Waals surface area (Å²) in [6.45, 7) is 8.16. The fraction of sp³-hybridized carbons (Fsp3) is 0.385. The first-order valence-corrected chi connectivity index (χ1v) is 5.70. The average molecular weight is 264 g/mol. The Kier molecular flexibility index (Phi) is 4.74. The molecule has 0 unspecified atom stereocenters. The minimum Gasteiger partial charge on any atom is -0.422 e. The Balaban J connectivity index is 2.82. The zero-order valence-corrected chi connectivity index (χ0v) is 11.1. The monoisotopic (exact) mass is 264 g/mol. The fourth-order valence-electron chi connectivity index (χ4n) is 1.32. The maximum atomic E-state index is 11.7. The molecule has 1 rings (SSSR count). The first kappa shape index (κ1) is 14.8. The number of ether oxygens (including phenoxy) is 2. The summed E-state index contributed by atoms with van der Waals surface area (Å²) in [5.41, 5.74) is 0.491. The summed E-state index contributed by atoms with van der Waals surface area (Å²) in [4.78, 5) is 31.1. The fourth-order valence-corrected chi connectivity index (χ4v) is 1.32. The standard InChI is InChI=1S/C13H16N2O4/c1-5-9(7-14-6-2)15-8-10-11(16)18-13(3,4)19-12(10)17/h5-8,10H,2H2,1,3-4H3/b9-5+,14-7?,15-8?. The van der Waals surface area contributed by atoms with Gasteiger partial charge in [-0.3, -0.25) is 19.6 Å². The van der Waals surface area contributed by atoms with Gasteiger partial charge in [0.05, 0.1) is 11.9 Å². The molecular weight excluding hydrogens is 248 g/mol. The third kappa shape index (κ3) is 4.17. The van der Waals surface area contributed by atoms with E-state index in [1.54, 1.807) is 13.0 Å². The minimum absolute atomic E-state index is 0.491. The number of allylic oxidation sites excluding steroid dienone is 2. The van der Waals surface area contributed by atoms with Crippen molar-refractivity contribution in [2.24, 2.45) is 15.9 Å². The third-order valence-corrected chi connectivity index (χ3v) is 2.18. The molecule has 19 heavy (non-hydrogen) atoms. The quantitative estimate of drug-likeness (QED) is 0.439. The Morgan fingerprint density at radius 3 is 2.37 bits per heavy atom. The second-order valence-electron chi connectivity index (χ2n) is 4.17. The van der Waals surface area contributed by atoms with Gasteiger partial charge in [-0.25, -0.2) is 0 Å². The second-order valence-corrected chi connectivity index (χ2v) is 4.17. The summed E-state index contributed by atoms with van der Waals surface area (Å²) >= 11 is 0. The molecule has 1 saturated heterocycles. The lowest BCUT2D eigenvalue weighted by Gasteiger charge is -2.31. The van der Waals surface area contributed by atoms with Crippen molar-refractivity contribution in [1.82, 2.24) is 0 Å². The largest absolute Gasteiger partial charge is 0.422 e. The number of hydrogen-bond acceptors (Lipinski definition) is 6. The smallest absolute Gasteiger partial charge is 0.329 e. The number of aliphatic imine (C=N–C) groups is 2. The van der Waals surface area contributed by atoms with Crippen LogP contribution in [0.3, 0.4) is 0 Å². The number of carbonyl (C=O) groups excluding carboxylic acids is 2. The van der Waals surface area contributed by atoms with E-state index in [0.29, 0.717) is 5.70 Å². The van der Waals surface area contributed by atoms with E-state index in [0.717, 1.165) is 0 Å². The second kappa shape index (κ2) is 6.08. The van der Waals surface area contributed by atoms with Crippen molar-refractivity contribution >= 4 is 24.4 Å². The van der Waals surface area contributed by atoms with Crippen LogP contribution in [0.2, 0.25) is 0 Å². The zero-order chi connectivity index (χ0) is 14.5. The normalized spacial score (nSPS) is 20.7. The van der Waals surface area contributed by atoms with Crippen LogP contribution in [0.4, 0.5) is 0 Å². The van der Waals surface area contributed by atoms with Crippen molar-refractivity contribution in [1.29, 1.82) is 0 Å². The first-order valence-electron chi connectivity index (χ1n) is 5.70. The van der Waals surface area contributed by atoms with Crippen molar-refractivity contribution in [3.63, 3.8) is 0 Å². The molecule has 6 nitrogen and oxygen atoms in total. The van der Waals surface area contributed by atoms with Gasteiger partial charge < -0.3 is 9.47 Å². The van der Waals surface area contributed by atoms with Gasteiger partial charge in [-0.15, -0.1) is 0 Å². The van der Waals surface area contributed by atoms with Crippen LogP contribution in [-0.4, -0.2) is 30.2 Å². The van der Waals surface area contributed by atoms with E-state index in [2.05, 4.69) is 16.6 Å². The highest BCUT2D eigenvalue weighted by Gasteiger charge is 2.42. The van der Waals surface area contributed by atoms with Gasteiger partial charge in [0.25, 0.3) is 5.79 Å². The summed E-state index contributed by atoms with van der Waals surface area (Å²) in [7, 11) is 0. The predicted molar refractivity (Wildman–Crippen MR) is 70.7 cm³/mol. The number of rotatable bonds is 4. The summed E-state index contributed by atoms with van der Waals surface area (Å²) in [6.07, 6.45) is 5.66. The Morgan fingerprint density at radius 2 is 1.89 bits per heavy atom. The Morgan fingerprint density at radius 1 is 1.32 bits per heavy atom. The maximum Gasteiger partial charge on any atom is 0.329 e. The van der Waals surface area contributed by atoms with E-state index in [4.69, 9.17) is 9.47 Å². The molecule has 0 spiro atoms. The van der Waals surface area contributed by atoms with E-state index < -0.39 is 23.6 Å². The SMILES string of the molecule is C=CN=C/C(=C\C)N=CC1C(=O)OC(C)(C)OC1=O. The minimum atomic E-state index is -1.23. The first-order chi connectivity index (χ1) is 8.89. The predicted octanol–water partition coefficient (Wildman–Crippen LogP) is 1.63. The lowest BCUT2D eigenvalue weighted by atomic mass is 10.1. The van der Waals surface area contributed by atoms with Crippen molar-refractivity contribution in [3.8, 4) is 0 Å². The number of nitrogens with zero attached hydrogens (tertiary/aromatic N) is 2. The highest BCUT2D eigenvalue weighted by molar-refractivity contribution is 6.10. The summed E-state index contributed by atoms with van der Waals surface area (Å²) in [6, 6.07) is 0. The maximum absolute atomic E-state index is 11.7. The highest BCUT2D eigenvalue weighted by Crippen LogP contribution is 2.22. The number of hydrogen-bond donors (Lipinski definition) is 0. The Bertz CT molecular complexity index is 455. The highest BCUT2D eigenvalue weighted by atomic mass is 16.7. The van der Waals surface area contributed by atoms with Gasteiger partial charge in [0.2, 0.25) is 0 Å². The van der Waals surface area contributed by atoms with Crippen LogP contribution in [0.15, 0.2) is 34.5 Å². The van der Waals surface area contributed by atoms with Crippen LogP contribution in [-0.2, 0) is 19.1 Å². The van der Waals surface area contributed by atoms with Gasteiger partial charge in [-0.1, -0.05) is 12.7 Å². The van der Waals surface area contributed by atoms with E-state index in [9.17, 15) is 9.59 Å². The van der Waals surface area contributed by atoms with Gasteiger partial charge in [0, 0.05) is 26.3 Å². The van der Waals surface area contributed by atoms with Crippen molar-refractivity contribution in [2.75, 3.05) is 0 Å². The van der Waals surface area contributed by atoms with E-state index in [-0.39, 0.29) is 0 Å². The summed E-state index contributed by atoms with van der Waals surface area (Å²) < 4.78 is 9.92. The molecule has 1 aliphatic heterocycles. The van der Waals surface area contributed by atoms with Gasteiger partial charge in [-0.2, -0.15) is 0 Å². The third-order valence-electron chi connectivity index (χ3n) is 2.18. The lowest BCUT2D eigenvalue weighted by molar-refractivity contribution is -0.235. The molecule has 0 aromatic rings. The average Bonchev–Trinajstić information content (AvgIpc) is 2.30. The van der Waals surface area contributed by atoms with Crippen LogP contribution < -0.4 is 0 Å². The molecule has 0 aromatic carbocycles. The molecule has 102 valence electrons. The van der Waals surface area contributed by atoms with E-state index in [1.807, 2.05) is 0 Å². The molecule has 0 radical (unpaired) electrons. The van der Waals surface area contributed by atoms with Crippen molar-refractivity contribution < 1.29 is 19.1 Å². The van der Waals surface area contributed by atoms with Crippen LogP contribution in [0.1, 0.15) is 20.8 Å². The van der Waals surface area contributed by atoms with Crippen LogP contribution in [0, 0.1) is 5.92 Å². The van der Waals surface area contributed by atoms with Gasteiger partial charge >= 0.3 is 11.9 Å². The van der Waals surface area contributed by atoms with E-state index in [1.165, 1.54) is 32.5 Å². The molecule has 1 fully saturated rings. The van der Waals surface area contributed by atoms with Gasteiger partial charge in [-0.05, 0) is 6.92 Å². The Labute approximate surface area is 111 Å². The molecule has 0 atom stereocenters. The van der Waals surface area contributed by atoms with E-state index >= 15 is 0 Å². The summed E-state index contributed by atoms with van der Waals surface area (Å²) in [5.74, 6) is -3.74. The van der Waals surface area contributed by atoms with Gasteiger partial charge in [0.1, 0.15) is 0 Å². The van der Waals surface area contributed by atoms with Crippen molar-refractivity contribution in [3.05, 3.63) is 24.6 Å².